The number of carbonyl (C=O) groups is 1. The molecule has 0 heterocycles. The SMILES string of the molecule is COc1ccc(Cl)cc1C(=O)C1(CN)CCCC1. The van der Waals surface area contributed by atoms with Crippen LogP contribution in [0.25, 0.3) is 0 Å². The number of ketones is 1. The maximum absolute atomic E-state index is 12.7. The van der Waals surface area contributed by atoms with E-state index in [1.54, 1.807) is 25.3 Å². The van der Waals surface area contributed by atoms with Crippen LogP contribution < -0.4 is 10.5 Å². The lowest BCUT2D eigenvalue weighted by atomic mass is 9.78. The van der Waals surface area contributed by atoms with Gasteiger partial charge in [-0.15, -0.1) is 0 Å². The second-order valence-corrected chi connectivity index (χ2v) is 5.30. The van der Waals surface area contributed by atoms with Crippen molar-refractivity contribution in [2.75, 3.05) is 13.7 Å². The van der Waals surface area contributed by atoms with Gasteiger partial charge in [-0.25, -0.2) is 0 Å². The Labute approximate surface area is 112 Å². The molecule has 0 bridgehead atoms. The minimum Gasteiger partial charge on any atom is -0.496 e. The van der Waals surface area contributed by atoms with Gasteiger partial charge in [0.05, 0.1) is 12.7 Å². The second kappa shape index (κ2) is 5.29. The molecule has 0 aliphatic heterocycles. The van der Waals surface area contributed by atoms with Gasteiger partial charge < -0.3 is 10.5 Å². The molecule has 0 saturated heterocycles. The summed E-state index contributed by atoms with van der Waals surface area (Å²) in [6.07, 6.45) is 3.84. The molecule has 1 aromatic rings. The maximum Gasteiger partial charge on any atom is 0.174 e. The zero-order valence-electron chi connectivity index (χ0n) is 10.5. The summed E-state index contributed by atoms with van der Waals surface area (Å²) < 4.78 is 5.25. The van der Waals surface area contributed by atoms with Crippen LogP contribution in [0.2, 0.25) is 5.02 Å². The molecule has 1 aromatic carbocycles. The molecule has 1 aliphatic carbocycles. The number of methoxy groups -OCH3 is 1. The van der Waals surface area contributed by atoms with Crippen LogP contribution in [0.15, 0.2) is 18.2 Å². The monoisotopic (exact) mass is 267 g/mol. The van der Waals surface area contributed by atoms with Gasteiger partial charge in [0.25, 0.3) is 0 Å². The average Bonchev–Trinajstić information content (AvgIpc) is 2.87. The Morgan fingerprint density at radius 2 is 2.11 bits per heavy atom. The zero-order chi connectivity index (χ0) is 13.2. The summed E-state index contributed by atoms with van der Waals surface area (Å²) in [7, 11) is 1.56. The van der Waals surface area contributed by atoms with E-state index in [2.05, 4.69) is 0 Å². The summed E-state index contributed by atoms with van der Waals surface area (Å²) in [6.45, 7) is 0.390. The standard InChI is InChI=1S/C14H18ClNO2/c1-18-12-5-4-10(15)8-11(12)13(17)14(9-16)6-2-3-7-14/h4-5,8H,2-3,6-7,9,16H2,1H3. The largest absolute Gasteiger partial charge is 0.496 e. The molecule has 1 saturated carbocycles. The van der Waals surface area contributed by atoms with Crippen molar-refractivity contribution < 1.29 is 9.53 Å². The molecule has 3 nitrogen and oxygen atoms in total. The van der Waals surface area contributed by atoms with E-state index in [4.69, 9.17) is 22.1 Å². The van der Waals surface area contributed by atoms with E-state index < -0.39 is 5.41 Å². The van der Waals surface area contributed by atoms with Crippen LogP contribution in [-0.4, -0.2) is 19.4 Å². The van der Waals surface area contributed by atoms with E-state index in [-0.39, 0.29) is 5.78 Å². The first-order chi connectivity index (χ1) is 8.63. The van der Waals surface area contributed by atoms with Crippen LogP contribution in [0.4, 0.5) is 0 Å². The lowest BCUT2D eigenvalue weighted by Gasteiger charge is -2.26. The Kier molecular flexibility index (Phi) is 3.93. The molecule has 1 fully saturated rings. The van der Waals surface area contributed by atoms with Gasteiger partial charge in [0.15, 0.2) is 5.78 Å². The van der Waals surface area contributed by atoms with Crippen LogP contribution in [0.1, 0.15) is 36.0 Å². The topological polar surface area (TPSA) is 52.3 Å². The van der Waals surface area contributed by atoms with Crippen molar-refractivity contribution in [3.05, 3.63) is 28.8 Å². The highest BCUT2D eigenvalue weighted by molar-refractivity contribution is 6.31. The highest BCUT2D eigenvalue weighted by Crippen LogP contribution is 2.41. The molecule has 0 atom stereocenters. The average molecular weight is 268 g/mol. The van der Waals surface area contributed by atoms with E-state index in [9.17, 15) is 4.79 Å². The second-order valence-electron chi connectivity index (χ2n) is 4.87. The molecule has 1 aliphatic rings. The molecule has 4 heteroatoms. The summed E-state index contributed by atoms with van der Waals surface area (Å²) in [5, 5.41) is 0.546. The third-order valence-electron chi connectivity index (χ3n) is 3.84. The van der Waals surface area contributed by atoms with Crippen molar-refractivity contribution >= 4 is 17.4 Å². The molecular weight excluding hydrogens is 250 g/mol. The number of halogens is 1. The molecule has 18 heavy (non-hydrogen) atoms. The van der Waals surface area contributed by atoms with Crippen LogP contribution in [0.5, 0.6) is 5.75 Å². The third-order valence-corrected chi connectivity index (χ3v) is 4.07. The first-order valence-electron chi connectivity index (χ1n) is 6.21. The van der Waals surface area contributed by atoms with Crippen LogP contribution in [0, 0.1) is 5.41 Å². The lowest BCUT2D eigenvalue weighted by Crippen LogP contribution is -2.36. The van der Waals surface area contributed by atoms with E-state index >= 15 is 0 Å². The van der Waals surface area contributed by atoms with Gasteiger partial charge in [-0.3, -0.25) is 4.79 Å². The van der Waals surface area contributed by atoms with Crippen molar-refractivity contribution in [1.29, 1.82) is 0 Å². The number of hydrogen-bond donors (Lipinski definition) is 1. The van der Waals surface area contributed by atoms with Crippen molar-refractivity contribution in [2.24, 2.45) is 11.1 Å². The fourth-order valence-electron chi connectivity index (χ4n) is 2.72. The van der Waals surface area contributed by atoms with Gasteiger partial charge >= 0.3 is 0 Å². The Hall–Kier alpha value is -1.06. The summed E-state index contributed by atoms with van der Waals surface area (Å²) in [4.78, 5) is 12.7. The number of benzene rings is 1. The Balaban J connectivity index is 2.41. The first kappa shape index (κ1) is 13.4. The Morgan fingerprint density at radius 3 is 2.67 bits per heavy atom. The van der Waals surface area contributed by atoms with E-state index in [0.29, 0.717) is 22.9 Å². The zero-order valence-corrected chi connectivity index (χ0v) is 11.3. The number of nitrogens with two attached hydrogens (primary N) is 1. The van der Waals surface area contributed by atoms with Gasteiger partial charge in [-0.2, -0.15) is 0 Å². The fourth-order valence-corrected chi connectivity index (χ4v) is 2.89. The summed E-state index contributed by atoms with van der Waals surface area (Å²) in [5.74, 6) is 0.644. The first-order valence-corrected chi connectivity index (χ1v) is 6.59. The maximum atomic E-state index is 12.7. The third kappa shape index (κ3) is 2.25. The molecule has 0 amide bonds. The van der Waals surface area contributed by atoms with Gasteiger partial charge in [0, 0.05) is 17.0 Å². The molecular formula is C14H18ClNO2. The number of hydrogen-bond acceptors (Lipinski definition) is 3. The van der Waals surface area contributed by atoms with Crippen molar-refractivity contribution in [1.82, 2.24) is 0 Å². The molecule has 98 valence electrons. The van der Waals surface area contributed by atoms with E-state index in [1.807, 2.05) is 0 Å². The lowest BCUT2D eigenvalue weighted by molar-refractivity contribution is 0.0806. The number of rotatable bonds is 4. The normalized spacial score (nSPS) is 17.7. The number of Topliss-reactive ketones (excluding diaryl/α,β-unsaturated/α-hetero) is 1. The van der Waals surface area contributed by atoms with Gasteiger partial charge in [0.2, 0.25) is 0 Å². The molecule has 0 spiro atoms. The minimum atomic E-state index is -0.419. The van der Waals surface area contributed by atoms with Gasteiger partial charge in [-0.1, -0.05) is 24.4 Å². The van der Waals surface area contributed by atoms with Crippen molar-refractivity contribution in [3.8, 4) is 5.75 Å². The fraction of sp³-hybridized carbons (Fsp3) is 0.500. The molecule has 2 rings (SSSR count). The van der Waals surface area contributed by atoms with Crippen LogP contribution >= 0.6 is 11.6 Å². The Morgan fingerprint density at radius 1 is 1.44 bits per heavy atom. The number of carbonyl (C=O) groups excluding carboxylic acids is 1. The minimum absolute atomic E-state index is 0.0712. The molecule has 0 unspecified atom stereocenters. The quantitative estimate of drug-likeness (QED) is 0.853. The van der Waals surface area contributed by atoms with Crippen molar-refractivity contribution in [3.63, 3.8) is 0 Å². The predicted molar refractivity (Wildman–Crippen MR) is 72.3 cm³/mol. The van der Waals surface area contributed by atoms with E-state index in [1.165, 1.54) is 0 Å². The van der Waals surface area contributed by atoms with Crippen molar-refractivity contribution in [2.45, 2.75) is 25.7 Å². The van der Waals surface area contributed by atoms with E-state index in [0.717, 1.165) is 25.7 Å². The summed E-state index contributed by atoms with van der Waals surface area (Å²) >= 11 is 5.97. The molecule has 2 N–H and O–H groups in total. The molecule has 0 aromatic heterocycles. The highest BCUT2D eigenvalue weighted by Gasteiger charge is 2.41. The summed E-state index contributed by atoms with van der Waals surface area (Å²) in [6, 6.07) is 5.13. The Bertz CT molecular complexity index is 453. The van der Waals surface area contributed by atoms with Gasteiger partial charge in [-0.05, 0) is 31.0 Å². The highest BCUT2D eigenvalue weighted by atomic mass is 35.5. The summed E-state index contributed by atoms with van der Waals surface area (Å²) in [5.41, 5.74) is 5.98. The van der Waals surface area contributed by atoms with Crippen LogP contribution in [0.3, 0.4) is 0 Å². The van der Waals surface area contributed by atoms with Gasteiger partial charge in [0.1, 0.15) is 5.75 Å². The smallest absolute Gasteiger partial charge is 0.174 e. The van der Waals surface area contributed by atoms with Crippen LogP contribution in [-0.2, 0) is 0 Å². The number of ether oxygens (including phenoxy) is 1. The predicted octanol–water partition coefficient (Wildman–Crippen LogP) is 3.05. The molecule has 0 radical (unpaired) electrons.